The molecule has 2 aromatic carbocycles. The molecule has 0 N–H and O–H groups in total. The molecule has 0 radical (unpaired) electrons. The van der Waals surface area contributed by atoms with Crippen LogP contribution in [0.2, 0.25) is 0 Å². The predicted molar refractivity (Wildman–Crippen MR) is 199 cm³/mol. The van der Waals surface area contributed by atoms with Gasteiger partial charge >= 0.3 is 5.87 Å². The predicted octanol–water partition coefficient (Wildman–Crippen LogP) is 13.2. The minimum absolute atomic E-state index is 0.876. The van der Waals surface area contributed by atoms with Crippen LogP contribution in [-0.2, 0) is 19.3 Å². The summed E-state index contributed by atoms with van der Waals surface area (Å²) in [5, 5.41) is 0. The fourth-order valence-corrected chi connectivity index (χ4v) is 6.60. The summed E-state index contributed by atoms with van der Waals surface area (Å²) in [7, 11) is 0. The Labute approximate surface area is 278 Å². The third-order valence-electron chi connectivity index (χ3n) is 9.68. The molecule has 0 aromatic heterocycles. The van der Waals surface area contributed by atoms with Crippen molar-refractivity contribution in [3.63, 3.8) is 0 Å². The third kappa shape index (κ3) is 13.7. The van der Waals surface area contributed by atoms with E-state index in [9.17, 15) is 5.53 Å². The number of rotatable bonds is 23. The van der Waals surface area contributed by atoms with Crippen LogP contribution in [0, 0.1) is 20.8 Å². The largest absolute Gasteiger partial charge is 0.348 e. The molecule has 248 valence electrons. The second kappa shape index (κ2) is 22.8. The normalized spacial score (nSPS) is 11.5. The first-order chi connectivity index (χ1) is 21.9. The maximum atomic E-state index is 9.61. The number of aryl methyl sites for hydroxylation is 4. The molecular weight excluding hydrogens is 544 g/mol. The lowest BCUT2D eigenvalue weighted by atomic mass is 9.84. The number of hydrogen-bond acceptors (Lipinski definition) is 0. The Balaban J connectivity index is 2.77. The van der Waals surface area contributed by atoms with Gasteiger partial charge in [0.05, 0.1) is 5.57 Å². The molecule has 0 bridgehead atoms. The highest BCUT2D eigenvalue weighted by molar-refractivity contribution is 5.84. The fourth-order valence-electron chi connectivity index (χ4n) is 6.60. The summed E-state index contributed by atoms with van der Waals surface area (Å²) >= 11 is 0. The molecule has 0 saturated carbocycles. The maximum Gasteiger partial charge on any atom is 0.303 e. The van der Waals surface area contributed by atoms with E-state index in [-0.39, 0.29) is 0 Å². The molecular formula is C43H66N2. The van der Waals surface area contributed by atoms with E-state index < -0.39 is 0 Å². The second-order valence-corrected chi connectivity index (χ2v) is 13.5. The van der Waals surface area contributed by atoms with E-state index >= 15 is 0 Å². The van der Waals surface area contributed by atoms with Crippen LogP contribution < -0.4 is 0 Å². The van der Waals surface area contributed by atoms with Crippen molar-refractivity contribution in [2.45, 2.75) is 177 Å². The van der Waals surface area contributed by atoms with E-state index in [1.54, 1.807) is 16.7 Å². The van der Waals surface area contributed by atoms with Crippen LogP contribution in [0.25, 0.3) is 11.1 Å². The first-order valence-electron chi connectivity index (χ1n) is 18.8. The highest BCUT2D eigenvalue weighted by Crippen LogP contribution is 2.34. The van der Waals surface area contributed by atoms with Crippen LogP contribution in [0.4, 0.5) is 0 Å². The van der Waals surface area contributed by atoms with Gasteiger partial charge in [0.25, 0.3) is 0 Å². The van der Waals surface area contributed by atoms with Crippen molar-refractivity contribution in [1.82, 2.24) is 0 Å². The summed E-state index contributed by atoms with van der Waals surface area (Å²) in [6.07, 6.45) is 26.9. The van der Waals surface area contributed by atoms with Crippen LogP contribution in [0.3, 0.4) is 0 Å². The number of hydrogen-bond donors (Lipinski definition) is 0. The minimum atomic E-state index is 0.876. The van der Waals surface area contributed by atoms with Crippen molar-refractivity contribution in [3.05, 3.63) is 86.0 Å². The molecule has 0 heterocycles. The van der Waals surface area contributed by atoms with E-state index in [0.29, 0.717) is 0 Å². The molecule has 0 aliphatic rings. The zero-order valence-electron chi connectivity index (χ0n) is 30.4. The monoisotopic (exact) mass is 611 g/mol. The first kappa shape index (κ1) is 38.5. The molecule has 0 fully saturated rings. The van der Waals surface area contributed by atoms with Gasteiger partial charge in [-0.25, -0.2) is 0 Å². The molecule has 2 rings (SSSR count). The SMILES string of the molecule is CCCCCCC(=C=[N+]=[N-])C=C(c1cc(C)c(C)c(C)c1)c1cc(CCCCCC)c(CCCCCC)c(CCCCCC)c1. The molecule has 0 spiro atoms. The van der Waals surface area contributed by atoms with Crippen LogP contribution in [0.15, 0.2) is 35.9 Å². The third-order valence-corrected chi connectivity index (χ3v) is 9.68. The first-order valence-corrected chi connectivity index (χ1v) is 18.8. The molecule has 0 atom stereocenters. The van der Waals surface area contributed by atoms with Crippen LogP contribution in [0.1, 0.15) is 181 Å². The highest BCUT2D eigenvalue weighted by Gasteiger charge is 2.17. The average Bonchev–Trinajstić information content (AvgIpc) is 3.03. The molecule has 0 aliphatic heterocycles. The topological polar surface area (TPSA) is 36.4 Å². The summed E-state index contributed by atoms with van der Waals surface area (Å²) in [6, 6.07) is 9.80. The molecule has 0 amide bonds. The van der Waals surface area contributed by atoms with Gasteiger partial charge < -0.3 is 5.53 Å². The number of allylic oxidation sites excluding steroid dienone is 2. The average molecular weight is 611 g/mol. The standard InChI is InChI=1S/C43H66N2/c1-8-12-16-20-24-37(33-45-44)30-43(40-28-34(5)36(7)35(6)29-40)41-31-38(25-21-17-13-9-2)42(27-23-19-15-11-4)39(32-41)26-22-18-14-10-3/h28-32H,8-27H2,1-7H3. The molecule has 2 heteroatoms. The lowest BCUT2D eigenvalue weighted by Crippen LogP contribution is -2.05. The summed E-state index contributed by atoms with van der Waals surface area (Å²) in [5.41, 5.74) is 23.2. The second-order valence-electron chi connectivity index (χ2n) is 13.5. The van der Waals surface area contributed by atoms with Gasteiger partial charge in [-0.1, -0.05) is 129 Å². The van der Waals surface area contributed by atoms with Gasteiger partial charge in [0.15, 0.2) is 0 Å². The van der Waals surface area contributed by atoms with Gasteiger partial charge in [-0.3, -0.25) is 0 Å². The van der Waals surface area contributed by atoms with Crippen molar-refractivity contribution in [2.24, 2.45) is 0 Å². The summed E-state index contributed by atoms with van der Waals surface area (Å²) in [5.74, 6) is 2.97. The van der Waals surface area contributed by atoms with E-state index in [1.165, 1.54) is 136 Å². The van der Waals surface area contributed by atoms with Gasteiger partial charge in [-0.05, 0) is 128 Å². The number of unbranched alkanes of at least 4 members (excludes halogenated alkanes) is 12. The Bertz CT molecular complexity index is 1210. The van der Waals surface area contributed by atoms with E-state index in [2.05, 4.69) is 89.5 Å². The molecule has 2 nitrogen and oxygen atoms in total. The van der Waals surface area contributed by atoms with Crippen molar-refractivity contribution in [2.75, 3.05) is 0 Å². The quantitative estimate of drug-likeness (QED) is 0.0394. The minimum Gasteiger partial charge on any atom is -0.348 e. The van der Waals surface area contributed by atoms with E-state index in [0.717, 1.165) is 31.3 Å². The Kier molecular flexibility index (Phi) is 19.5. The van der Waals surface area contributed by atoms with Crippen molar-refractivity contribution in [3.8, 4) is 0 Å². The molecule has 0 aliphatic carbocycles. The Morgan fingerprint density at radius 3 is 1.51 bits per heavy atom. The summed E-state index contributed by atoms with van der Waals surface area (Å²) in [6.45, 7) is 15.9. The van der Waals surface area contributed by atoms with Gasteiger partial charge in [0.2, 0.25) is 0 Å². The van der Waals surface area contributed by atoms with Crippen molar-refractivity contribution < 1.29 is 4.79 Å². The van der Waals surface area contributed by atoms with Crippen LogP contribution >= 0.6 is 0 Å². The molecule has 0 unspecified atom stereocenters. The Hall–Kier alpha value is -2.66. The smallest absolute Gasteiger partial charge is 0.303 e. The van der Waals surface area contributed by atoms with Crippen LogP contribution in [0.5, 0.6) is 0 Å². The summed E-state index contributed by atoms with van der Waals surface area (Å²) in [4.78, 5) is 3.41. The maximum absolute atomic E-state index is 9.61. The number of benzene rings is 2. The number of nitrogens with zero attached hydrogens (tertiary/aromatic N) is 2. The zero-order valence-corrected chi connectivity index (χ0v) is 30.4. The van der Waals surface area contributed by atoms with E-state index in [4.69, 9.17) is 0 Å². The zero-order chi connectivity index (χ0) is 32.9. The Morgan fingerprint density at radius 2 is 1.04 bits per heavy atom. The van der Waals surface area contributed by atoms with Crippen molar-refractivity contribution >= 4 is 11.4 Å². The van der Waals surface area contributed by atoms with Gasteiger partial charge in [0.1, 0.15) is 0 Å². The highest BCUT2D eigenvalue weighted by atomic mass is 14.8. The summed E-state index contributed by atoms with van der Waals surface area (Å²) < 4.78 is 0. The molecule has 0 saturated heterocycles. The lowest BCUT2D eigenvalue weighted by molar-refractivity contribution is 0.00746. The molecule has 2 aromatic rings. The van der Waals surface area contributed by atoms with Gasteiger partial charge in [0, 0.05) is 0 Å². The van der Waals surface area contributed by atoms with Crippen LogP contribution in [-0.4, -0.2) is 10.7 Å². The van der Waals surface area contributed by atoms with E-state index in [1.807, 2.05) is 0 Å². The Morgan fingerprint density at radius 1 is 0.600 bits per heavy atom. The van der Waals surface area contributed by atoms with Gasteiger partial charge in [-0.15, -0.1) is 4.79 Å². The molecule has 45 heavy (non-hydrogen) atoms. The lowest BCUT2D eigenvalue weighted by Gasteiger charge is -2.21. The van der Waals surface area contributed by atoms with Crippen molar-refractivity contribution in [1.29, 1.82) is 0 Å². The van der Waals surface area contributed by atoms with Gasteiger partial charge in [-0.2, -0.15) is 0 Å². The fraction of sp³-hybridized carbons (Fsp3) is 0.628.